The first kappa shape index (κ1) is 13.5. The summed E-state index contributed by atoms with van der Waals surface area (Å²) in [5, 5.41) is 12.0. The minimum Gasteiger partial charge on any atom is -0.480 e. The van der Waals surface area contributed by atoms with E-state index in [1.54, 1.807) is 0 Å². The number of likely N-dealkylation sites (tertiary alicyclic amines) is 1. The summed E-state index contributed by atoms with van der Waals surface area (Å²) >= 11 is 0. The van der Waals surface area contributed by atoms with Gasteiger partial charge in [-0.3, -0.25) is 4.79 Å². The van der Waals surface area contributed by atoms with Gasteiger partial charge in [0.2, 0.25) is 0 Å². The van der Waals surface area contributed by atoms with Crippen LogP contribution < -0.4 is 5.32 Å². The number of nitrogens with one attached hydrogen (secondary N) is 1. The van der Waals surface area contributed by atoms with E-state index in [1.165, 1.54) is 19.3 Å². The molecule has 0 aromatic rings. The quantitative estimate of drug-likeness (QED) is 0.690. The largest absolute Gasteiger partial charge is 0.480 e. The summed E-state index contributed by atoms with van der Waals surface area (Å²) < 4.78 is 0. The molecule has 0 bridgehead atoms. The summed E-state index contributed by atoms with van der Waals surface area (Å²) in [5.74, 6) is -0.728. The molecule has 4 nitrogen and oxygen atoms in total. The third kappa shape index (κ3) is 3.76. The summed E-state index contributed by atoms with van der Waals surface area (Å²) in [6.45, 7) is 6.91. The Morgan fingerprint density at radius 3 is 2.88 bits per heavy atom. The Balaban J connectivity index is 2.33. The first-order valence-electron chi connectivity index (χ1n) is 6.39. The van der Waals surface area contributed by atoms with Gasteiger partial charge in [0, 0.05) is 12.6 Å². The zero-order valence-electron chi connectivity index (χ0n) is 10.4. The van der Waals surface area contributed by atoms with Crippen molar-refractivity contribution < 1.29 is 9.90 Å². The average molecular weight is 228 g/mol. The topological polar surface area (TPSA) is 52.6 Å². The Kier molecular flexibility index (Phi) is 5.77. The lowest BCUT2D eigenvalue weighted by molar-refractivity contribution is -0.139. The maximum atomic E-state index is 11.0. The van der Waals surface area contributed by atoms with Crippen LogP contribution in [0.3, 0.4) is 0 Å². The highest BCUT2D eigenvalue weighted by atomic mass is 16.4. The molecule has 2 atom stereocenters. The number of nitrogens with zero attached hydrogens (tertiary/aromatic N) is 1. The molecule has 16 heavy (non-hydrogen) atoms. The van der Waals surface area contributed by atoms with Crippen LogP contribution in [0.1, 0.15) is 39.5 Å². The van der Waals surface area contributed by atoms with Crippen LogP contribution in [0, 0.1) is 0 Å². The van der Waals surface area contributed by atoms with Crippen LogP contribution in [0.2, 0.25) is 0 Å². The highest BCUT2D eigenvalue weighted by Gasteiger charge is 2.24. The molecular formula is C12H24N2O2. The molecule has 0 amide bonds. The molecule has 2 unspecified atom stereocenters. The van der Waals surface area contributed by atoms with Gasteiger partial charge in [-0.2, -0.15) is 0 Å². The Bertz CT molecular complexity index is 221. The van der Waals surface area contributed by atoms with E-state index in [-0.39, 0.29) is 6.04 Å². The van der Waals surface area contributed by atoms with Crippen molar-refractivity contribution in [3.8, 4) is 0 Å². The number of carbonyl (C=O) groups is 1. The molecule has 1 rings (SSSR count). The van der Waals surface area contributed by atoms with Gasteiger partial charge >= 0.3 is 5.97 Å². The zero-order chi connectivity index (χ0) is 12.0. The van der Waals surface area contributed by atoms with E-state index in [2.05, 4.69) is 17.1 Å². The van der Waals surface area contributed by atoms with Gasteiger partial charge in [-0.05, 0) is 38.8 Å². The van der Waals surface area contributed by atoms with Crippen molar-refractivity contribution in [2.75, 3.05) is 19.6 Å². The minimum absolute atomic E-state index is 0.386. The van der Waals surface area contributed by atoms with Crippen LogP contribution in [-0.2, 0) is 4.79 Å². The van der Waals surface area contributed by atoms with E-state index in [9.17, 15) is 4.79 Å². The van der Waals surface area contributed by atoms with Gasteiger partial charge in [-0.1, -0.05) is 13.8 Å². The number of carboxylic acids is 1. The van der Waals surface area contributed by atoms with E-state index in [0.29, 0.717) is 19.0 Å². The van der Waals surface area contributed by atoms with Crippen molar-refractivity contribution >= 4 is 5.97 Å². The molecule has 0 spiro atoms. The summed E-state index contributed by atoms with van der Waals surface area (Å²) in [4.78, 5) is 13.4. The lowest BCUT2D eigenvalue weighted by Crippen LogP contribution is -2.40. The Hall–Kier alpha value is -0.610. The number of hydrogen-bond acceptors (Lipinski definition) is 3. The molecule has 1 heterocycles. The molecule has 2 N–H and O–H groups in total. The molecule has 0 radical (unpaired) electrons. The van der Waals surface area contributed by atoms with Gasteiger partial charge < -0.3 is 15.3 Å². The highest BCUT2D eigenvalue weighted by molar-refractivity contribution is 5.73. The highest BCUT2D eigenvalue weighted by Crippen LogP contribution is 2.19. The minimum atomic E-state index is -0.728. The molecule has 0 aliphatic carbocycles. The number of rotatable bonds is 7. The molecule has 1 saturated heterocycles. The van der Waals surface area contributed by atoms with Gasteiger partial charge in [-0.15, -0.1) is 0 Å². The predicted octanol–water partition coefficient (Wildman–Crippen LogP) is 1.31. The van der Waals surface area contributed by atoms with Gasteiger partial charge in [0.05, 0.1) is 0 Å². The molecule has 1 fully saturated rings. The standard InChI is InChI=1S/C12H24N2O2/c1-3-10-6-5-8-14(10)9-7-11(12(15)16)13-4-2/h10-11,13H,3-9H2,1-2H3,(H,15,16). The molecule has 0 aromatic carbocycles. The van der Waals surface area contributed by atoms with Crippen LogP contribution in [0.5, 0.6) is 0 Å². The number of aliphatic carboxylic acids is 1. The second kappa shape index (κ2) is 6.86. The Labute approximate surface area is 98.0 Å². The number of likely N-dealkylation sites (N-methyl/N-ethyl adjacent to an activating group) is 1. The Morgan fingerprint density at radius 2 is 2.31 bits per heavy atom. The first-order valence-corrected chi connectivity index (χ1v) is 6.39. The number of carboxylic acid groups (broad SMARTS) is 1. The molecular weight excluding hydrogens is 204 g/mol. The van der Waals surface area contributed by atoms with Crippen molar-refractivity contribution in [1.82, 2.24) is 10.2 Å². The maximum Gasteiger partial charge on any atom is 0.320 e. The molecule has 0 saturated carbocycles. The van der Waals surface area contributed by atoms with Gasteiger partial charge in [0.1, 0.15) is 6.04 Å². The SMILES string of the molecule is CCNC(CCN1CCCC1CC)C(=O)O. The second-order valence-corrected chi connectivity index (χ2v) is 4.48. The molecule has 1 aliphatic heterocycles. The fraction of sp³-hybridized carbons (Fsp3) is 0.917. The summed E-state index contributed by atoms with van der Waals surface area (Å²) in [6.07, 6.45) is 4.42. The molecule has 94 valence electrons. The summed E-state index contributed by atoms with van der Waals surface area (Å²) in [6, 6.07) is 0.291. The van der Waals surface area contributed by atoms with Crippen LogP contribution in [-0.4, -0.2) is 47.7 Å². The van der Waals surface area contributed by atoms with Crippen LogP contribution >= 0.6 is 0 Å². The first-order chi connectivity index (χ1) is 7.69. The molecule has 4 heteroatoms. The average Bonchev–Trinajstić information content (AvgIpc) is 2.71. The van der Waals surface area contributed by atoms with E-state index in [4.69, 9.17) is 5.11 Å². The molecule has 0 aromatic heterocycles. The van der Waals surface area contributed by atoms with Crippen molar-refractivity contribution in [2.24, 2.45) is 0 Å². The second-order valence-electron chi connectivity index (χ2n) is 4.48. The van der Waals surface area contributed by atoms with Crippen LogP contribution in [0.4, 0.5) is 0 Å². The van der Waals surface area contributed by atoms with Crippen molar-refractivity contribution in [3.05, 3.63) is 0 Å². The van der Waals surface area contributed by atoms with E-state index in [0.717, 1.165) is 13.1 Å². The third-order valence-corrected chi connectivity index (χ3v) is 3.42. The van der Waals surface area contributed by atoms with Crippen molar-refractivity contribution in [1.29, 1.82) is 0 Å². The fourth-order valence-corrected chi connectivity index (χ4v) is 2.51. The fourth-order valence-electron chi connectivity index (χ4n) is 2.51. The smallest absolute Gasteiger partial charge is 0.320 e. The number of hydrogen-bond donors (Lipinski definition) is 2. The molecule has 1 aliphatic rings. The monoisotopic (exact) mass is 228 g/mol. The van der Waals surface area contributed by atoms with E-state index in [1.807, 2.05) is 6.92 Å². The van der Waals surface area contributed by atoms with Crippen LogP contribution in [0.25, 0.3) is 0 Å². The summed E-state index contributed by atoms with van der Waals surface area (Å²) in [5.41, 5.74) is 0. The maximum absolute atomic E-state index is 11.0. The van der Waals surface area contributed by atoms with Crippen molar-refractivity contribution in [3.63, 3.8) is 0 Å². The van der Waals surface area contributed by atoms with E-state index < -0.39 is 5.97 Å². The van der Waals surface area contributed by atoms with Gasteiger partial charge in [0.15, 0.2) is 0 Å². The van der Waals surface area contributed by atoms with Crippen molar-refractivity contribution in [2.45, 2.75) is 51.6 Å². The third-order valence-electron chi connectivity index (χ3n) is 3.42. The Morgan fingerprint density at radius 1 is 1.56 bits per heavy atom. The normalized spacial score (nSPS) is 23.5. The zero-order valence-corrected chi connectivity index (χ0v) is 10.4. The van der Waals surface area contributed by atoms with Gasteiger partial charge in [-0.25, -0.2) is 0 Å². The lowest BCUT2D eigenvalue weighted by Gasteiger charge is -2.24. The van der Waals surface area contributed by atoms with Gasteiger partial charge in [0.25, 0.3) is 0 Å². The van der Waals surface area contributed by atoms with E-state index >= 15 is 0 Å². The van der Waals surface area contributed by atoms with Crippen LogP contribution in [0.15, 0.2) is 0 Å². The lowest BCUT2D eigenvalue weighted by atomic mass is 10.1. The predicted molar refractivity (Wildman–Crippen MR) is 64.6 cm³/mol. The summed E-state index contributed by atoms with van der Waals surface area (Å²) in [7, 11) is 0.